The van der Waals surface area contributed by atoms with Crippen LogP contribution in [0.2, 0.25) is 5.02 Å². The van der Waals surface area contributed by atoms with Crippen molar-refractivity contribution in [3.63, 3.8) is 0 Å². The molecule has 1 amide bonds. The average molecular weight is 487 g/mol. The number of ether oxygens (including phenoxy) is 2. The molecule has 2 aromatic carbocycles. The monoisotopic (exact) mass is 486 g/mol. The summed E-state index contributed by atoms with van der Waals surface area (Å²) in [5.41, 5.74) is 1.43. The number of aliphatic hydroxyl groups is 1. The van der Waals surface area contributed by atoms with Crippen molar-refractivity contribution in [1.82, 2.24) is 9.80 Å². The van der Waals surface area contributed by atoms with E-state index in [4.69, 9.17) is 21.1 Å². The van der Waals surface area contributed by atoms with Gasteiger partial charge >= 0.3 is 0 Å². The number of amides is 1. The van der Waals surface area contributed by atoms with Crippen LogP contribution in [0.1, 0.15) is 43.2 Å². The highest BCUT2D eigenvalue weighted by atomic mass is 35.5. The normalized spacial score (nSPS) is 18.3. The molecule has 1 N–H and O–H groups in total. The van der Waals surface area contributed by atoms with Crippen molar-refractivity contribution < 1.29 is 19.4 Å². The van der Waals surface area contributed by atoms with Crippen molar-refractivity contribution in [3.8, 4) is 11.5 Å². The summed E-state index contributed by atoms with van der Waals surface area (Å²) in [5.74, 6) is 1.75. The molecule has 2 aromatic rings. The van der Waals surface area contributed by atoms with Crippen LogP contribution in [0.4, 0.5) is 0 Å². The van der Waals surface area contributed by atoms with Crippen molar-refractivity contribution in [1.29, 1.82) is 0 Å². The molecule has 0 aliphatic carbocycles. The molecule has 0 unspecified atom stereocenters. The van der Waals surface area contributed by atoms with Gasteiger partial charge in [-0.2, -0.15) is 0 Å². The van der Waals surface area contributed by atoms with Gasteiger partial charge in [0.1, 0.15) is 23.7 Å². The minimum absolute atomic E-state index is 0.246. The van der Waals surface area contributed by atoms with Gasteiger partial charge in [-0.25, -0.2) is 0 Å². The van der Waals surface area contributed by atoms with Crippen LogP contribution in [0.15, 0.2) is 42.5 Å². The van der Waals surface area contributed by atoms with Gasteiger partial charge in [-0.3, -0.25) is 9.69 Å². The lowest BCUT2D eigenvalue weighted by atomic mass is 9.92. The predicted molar refractivity (Wildman–Crippen MR) is 134 cm³/mol. The smallest absolute Gasteiger partial charge is 0.222 e. The van der Waals surface area contributed by atoms with Crippen molar-refractivity contribution >= 4 is 17.5 Å². The molecule has 7 heteroatoms. The van der Waals surface area contributed by atoms with E-state index in [0.29, 0.717) is 36.6 Å². The van der Waals surface area contributed by atoms with Crippen molar-refractivity contribution in [2.75, 3.05) is 39.4 Å². The molecular weight excluding hydrogens is 452 g/mol. The summed E-state index contributed by atoms with van der Waals surface area (Å²) < 4.78 is 11.8. The number of piperidine rings is 1. The van der Waals surface area contributed by atoms with Crippen molar-refractivity contribution in [2.45, 2.75) is 51.2 Å². The van der Waals surface area contributed by atoms with E-state index < -0.39 is 5.60 Å². The minimum atomic E-state index is -0.842. The number of benzene rings is 2. The van der Waals surface area contributed by atoms with Gasteiger partial charge in [0, 0.05) is 39.1 Å². The van der Waals surface area contributed by atoms with Crippen LogP contribution in [0.5, 0.6) is 11.5 Å². The summed E-state index contributed by atoms with van der Waals surface area (Å²) in [4.78, 5) is 16.0. The first-order valence-corrected chi connectivity index (χ1v) is 12.6. The number of rotatable bonds is 10. The molecule has 2 aliphatic rings. The fourth-order valence-corrected chi connectivity index (χ4v) is 4.75. The van der Waals surface area contributed by atoms with Crippen molar-refractivity contribution in [2.24, 2.45) is 0 Å². The van der Waals surface area contributed by atoms with Gasteiger partial charge in [0.2, 0.25) is 5.91 Å². The number of halogens is 1. The average Bonchev–Trinajstić information content (AvgIpc) is 3.24. The lowest BCUT2D eigenvalue weighted by molar-refractivity contribution is -0.127. The van der Waals surface area contributed by atoms with Crippen LogP contribution in [0.3, 0.4) is 0 Å². The number of hydrogen-bond donors (Lipinski definition) is 1. The Bertz CT molecular complexity index is 975. The Morgan fingerprint density at radius 3 is 2.68 bits per heavy atom. The maximum Gasteiger partial charge on any atom is 0.222 e. The molecule has 2 fully saturated rings. The number of nitrogens with zero attached hydrogens (tertiary/aromatic N) is 2. The molecule has 0 saturated carbocycles. The van der Waals surface area contributed by atoms with E-state index in [1.807, 2.05) is 42.2 Å². The van der Waals surface area contributed by atoms with Gasteiger partial charge in [0.05, 0.1) is 11.6 Å². The number of hydrogen-bond acceptors (Lipinski definition) is 5. The van der Waals surface area contributed by atoms with Gasteiger partial charge < -0.3 is 19.5 Å². The quantitative estimate of drug-likeness (QED) is 0.503. The standard InChI is InChI=1S/C27H35ClN2O4/c1-21-8-9-24(28)25(17-21)34-20-27(32)10-14-29(15-11-27)19-22-5-2-6-23(18-22)33-16-4-13-30-12-3-7-26(30)31/h2,5-6,8-9,17-18,32H,3-4,7,10-16,19-20H2,1H3. The van der Waals surface area contributed by atoms with Crippen LogP contribution >= 0.6 is 11.6 Å². The molecule has 2 aliphatic heterocycles. The minimum Gasteiger partial charge on any atom is -0.494 e. The first-order chi connectivity index (χ1) is 16.4. The SMILES string of the molecule is Cc1ccc(Cl)c(OCC2(O)CCN(Cc3cccc(OCCCN4CCCC4=O)c3)CC2)c1. The van der Waals surface area contributed by atoms with Gasteiger partial charge in [-0.1, -0.05) is 29.8 Å². The summed E-state index contributed by atoms with van der Waals surface area (Å²) in [6, 6.07) is 13.9. The Morgan fingerprint density at radius 1 is 1.09 bits per heavy atom. The lowest BCUT2D eigenvalue weighted by Gasteiger charge is -2.38. The van der Waals surface area contributed by atoms with E-state index in [-0.39, 0.29) is 12.5 Å². The van der Waals surface area contributed by atoms with Crippen LogP contribution < -0.4 is 9.47 Å². The molecule has 0 atom stereocenters. The number of carbonyl (C=O) groups excluding carboxylic acids is 1. The maximum atomic E-state index is 11.7. The zero-order valence-corrected chi connectivity index (χ0v) is 20.7. The van der Waals surface area contributed by atoms with Crippen LogP contribution in [-0.2, 0) is 11.3 Å². The maximum absolute atomic E-state index is 11.7. The first-order valence-electron chi connectivity index (χ1n) is 12.2. The molecule has 0 bridgehead atoms. The second-order valence-corrected chi connectivity index (χ2v) is 9.96. The summed E-state index contributed by atoms with van der Waals surface area (Å²) in [6.45, 7) is 6.92. The lowest BCUT2D eigenvalue weighted by Crippen LogP contribution is -2.47. The topological polar surface area (TPSA) is 62.2 Å². The second-order valence-electron chi connectivity index (χ2n) is 9.56. The zero-order chi connectivity index (χ0) is 24.0. The van der Waals surface area contributed by atoms with Gasteiger partial charge in [-0.15, -0.1) is 0 Å². The van der Waals surface area contributed by atoms with Crippen LogP contribution in [0.25, 0.3) is 0 Å². The molecular formula is C27H35ClN2O4. The Balaban J connectivity index is 1.20. The number of carbonyl (C=O) groups is 1. The Morgan fingerprint density at radius 2 is 1.91 bits per heavy atom. The molecule has 2 saturated heterocycles. The van der Waals surface area contributed by atoms with Gasteiger partial charge in [-0.05, 0) is 68.0 Å². The molecule has 184 valence electrons. The summed E-state index contributed by atoms with van der Waals surface area (Å²) in [6.07, 6.45) is 3.81. The summed E-state index contributed by atoms with van der Waals surface area (Å²) in [7, 11) is 0. The molecule has 4 rings (SSSR count). The molecule has 0 spiro atoms. The Kier molecular flexibility index (Phi) is 8.35. The zero-order valence-electron chi connectivity index (χ0n) is 20.0. The Labute approximate surface area is 207 Å². The Hall–Kier alpha value is -2.28. The van der Waals surface area contributed by atoms with Crippen LogP contribution in [-0.4, -0.2) is 65.8 Å². The highest BCUT2D eigenvalue weighted by molar-refractivity contribution is 6.32. The largest absolute Gasteiger partial charge is 0.494 e. The molecule has 0 radical (unpaired) electrons. The van der Waals surface area contributed by atoms with E-state index in [9.17, 15) is 9.90 Å². The molecule has 6 nitrogen and oxygen atoms in total. The summed E-state index contributed by atoms with van der Waals surface area (Å²) >= 11 is 6.22. The molecule has 34 heavy (non-hydrogen) atoms. The number of aryl methyl sites for hydroxylation is 1. The molecule has 0 aromatic heterocycles. The van der Waals surface area contributed by atoms with Crippen LogP contribution in [0, 0.1) is 6.92 Å². The van der Waals surface area contributed by atoms with E-state index in [2.05, 4.69) is 17.0 Å². The third-order valence-corrected chi connectivity index (χ3v) is 7.00. The van der Waals surface area contributed by atoms with E-state index in [1.54, 1.807) is 0 Å². The number of likely N-dealkylation sites (tertiary alicyclic amines) is 2. The fourth-order valence-electron chi connectivity index (χ4n) is 4.58. The third kappa shape index (κ3) is 6.87. The fraction of sp³-hybridized carbons (Fsp3) is 0.519. The van der Waals surface area contributed by atoms with Gasteiger partial charge in [0.15, 0.2) is 0 Å². The first kappa shape index (κ1) is 24.8. The second kappa shape index (κ2) is 11.4. The van der Waals surface area contributed by atoms with E-state index >= 15 is 0 Å². The highest BCUT2D eigenvalue weighted by Gasteiger charge is 2.33. The predicted octanol–water partition coefficient (Wildman–Crippen LogP) is 4.45. The van der Waals surface area contributed by atoms with E-state index in [0.717, 1.165) is 56.9 Å². The highest BCUT2D eigenvalue weighted by Crippen LogP contribution is 2.29. The summed E-state index contributed by atoms with van der Waals surface area (Å²) in [5, 5.41) is 11.6. The van der Waals surface area contributed by atoms with Gasteiger partial charge in [0.25, 0.3) is 0 Å². The van der Waals surface area contributed by atoms with E-state index in [1.165, 1.54) is 5.56 Å². The van der Waals surface area contributed by atoms with Crippen molar-refractivity contribution in [3.05, 3.63) is 58.6 Å². The molecule has 2 heterocycles. The third-order valence-electron chi connectivity index (χ3n) is 6.69.